The second kappa shape index (κ2) is 6.65. The topological polar surface area (TPSA) is 60.2 Å². The molecule has 4 rings (SSSR count). The Kier molecular flexibility index (Phi) is 4.47. The van der Waals surface area contributed by atoms with Crippen LogP contribution in [0.2, 0.25) is 0 Å². The molecule has 6 nitrogen and oxygen atoms in total. The number of rotatable bonds is 2. The molecule has 2 aromatic rings. The molecule has 1 amide bonds. The molecule has 0 bridgehead atoms. The largest absolute Gasteiger partial charge is 0.381 e. The maximum Gasteiger partial charge on any atom is 0.225 e. The molecule has 0 N–H and O–H groups in total. The number of hydrogen-bond acceptors (Lipinski definition) is 4. The number of likely N-dealkylation sites (tertiary alicyclic amines) is 1. The van der Waals surface area contributed by atoms with Gasteiger partial charge in [-0.3, -0.25) is 9.48 Å². The van der Waals surface area contributed by atoms with Crippen molar-refractivity contribution in [3.8, 4) is 0 Å². The predicted molar refractivity (Wildman–Crippen MR) is 100.0 cm³/mol. The Bertz CT molecular complexity index is 825. The van der Waals surface area contributed by atoms with E-state index in [0.717, 1.165) is 61.2 Å². The second-order valence-corrected chi connectivity index (χ2v) is 8.09. The minimum Gasteiger partial charge on any atom is -0.381 e. The zero-order valence-corrected chi connectivity index (χ0v) is 16.0. The SMILES string of the molecule is Cc1nn(C)c2nc([C@@]3(C)CCCN(C(=O)C4CCOCC4)C3)ccc12. The van der Waals surface area contributed by atoms with E-state index in [-0.39, 0.29) is 11.3 Å². The Morgan fingerprint density at radius 2 is 2.08 bits per heavy atom. The fourth-order valence-corrected chi connectivity index (χ4v) is 4.48. The first-order valence-corrected chi connectivity index (χ1v) is 9.65. The molecule has 0 unspecified atom stereocenters. The van der Waals surface area contributed by atoms with Crippen LogP contribution in [-0.2, 0) is 22.0 Å². The maximum atomic E-state index is 13.0. The number of fused-ring (bicyclic) bond motifs is 1. The summed E-state index contributed by atoms with van der Waals surface area (Å²) in [6.07, 6.45) is 3.78. The fraction of sp³-hybridized carbons (Fsp3) is 0.650. The Labute approximate surface area is 154 Å². The molecule has 0 aliphatic carbocycles. The number of aryl methyl sites for hydroxylation is 2. The lowest BCUT2D eigenvalue weighted by Crippen LogP contribution is -2.49. The van der Waals surface area contributed by atoms with Gasteiger partial charge >= 0.3 is 0 Å². The van der Waals surface area contributed by atoms with Crippen LogP contribution in [0, 0.1) is 12.8 Å². The van der Waals surface area contributed by atoms with Crippen LogP contribution in [0.5, 0.6) is 0 Å². The van der Waals surface area contributed by atoms with E-state index in [0.29, 0.717) is 19.1 Å². The van der Waals surface area contributed by atoms with Crippen LogP contribution < -0.4 is 0 Å². The van der Waals surface area contributed by atoms with Crippen molar-refractivity contribution in [1.29, 1.82) is 0 Å². The van der Waals surface area contributed by atoms with Gasteiger partial charge in [0.05, 0.1) is 11.4 Å². The van der Waals surface area contributed by atoms with E-state index in [2.05, 4.69) is 29.1 Å². The summed E-state index contributed by atoms with van der Waals surface area (Å²) in [7, 11) is 1.94. The molecule has 140 valence electrons. The number of aromatic nitrogens is 3. The van der Waals surface area contributed by atoms with E-state index in [1.165, 1.54) is 0 Å². The highest BCUT2D eigenvalue weighted by atomic mass is 16.5. The summed E-state index contributed by atoms with van der Waals surface area (Å²) in [5.41, 5.74) is 2.89. The van der Waals surface area contributed by atoms with E-state index in [1.807, 2.05) is 18.7 Å². The highest BCUT2D eigenvalue weighted by molar-refractivity contribution is 5.80. The fourth-order valence-electron chi connectivity index (χ4n) is 4.48. The number of pyridine rings is 1. The number of piperidine rings is 1. The first kappa shape index (κ1) is 17.5. The first-order chi connectivity index (χ1) is 12.5. The van der Waals surface area contributed by atoms with E-state index >= 15 is 0 Å². The monoisotopic (exact) mass is 356 g/mol. The molecule has 2 aliphatic heterocycles. The van der Waals surface area contributed by atoms with Gasteiger partial charge in [-0.2, -0.15) is 5.10 Å². The summed E-state index contributed by atoms with van der Waals surface area (Å²) in [6, 6.07) is 4.25. The van der Waals surface area contributed by atoms with Crippen molar-refractivity contribution < 1.29 is 9.53 Å². The molecule has 2 aromatic heterocycles. The zero-order chi connectivity index (χ0) is 18.3. The minimum absolute atomic E-state index is 0.106. The van der Waals surface area contributed by atoms with Crippen molar-refractivity contribution in [2.45, 2.75) is 44.9 Å². The summed E-state index contributed by atoms with van der Waals surface area (Å²) >= 11 is 0. The molecule has 0 saturated carbocycles. The van der Waals surface area contributed by atoms with Crippen LogP contribution in [0.3, 0.4) is 0 Å². The van der Waals surface area contributed by atoms with E-state index < -0.39 is 0 Å². The van der Waals surface area contributed by atoms with Gasteiger partial charge in [0.2, 0.25) is 5.91 Å². The van der Waals surface area contributed by atoms with Gasteiger partial charge in [0.15, 0.2) is 5.65 Å². The molecular formula is C20H28N4O2. The third-order valence-electron chi connectivity index (χ3n) is 6.07. The summed E-state index contributed by atoms with van der Waals surface area (Å²) < 4.78 is 7.27. The lowest BCUT2D eigenvalue weighted by molar-refractivity contribution is -0.140. The number of hydrogen-bond donors (Lipinski definition) is 0. The van der Waals surface area contributed by atoms with Gasteiger partial charge in [-0.05, 0) is 44.7 Å². The molecule has 6 heteroatoms. The Hall–Kier alpha value is -1.95. The van der Waals surface area contributed by atoms with Crippen LogP contribution in [0.4, 0.5) is 0 Å². The molecule has 26 heavy (non-hydrogen) atoms. The molecule has 0 radical (unpaired) electrons. The normalized spacial score (nSPS) is 25.0. The zero-order valence-electron chi connectivity index (χ0n) is 16.0. The van der Waals surface area contributed by atoms with Gasteiger partial charge in [0.1, 0.15) is 0 Å². The number of carbonyl (C=O) groups is 1. The average Bonchev–Trinajstić information content (AvgIpc) is 2.95. The van der Waals surface area contributed by atoms with Gasteiger partial charge in [-0.25, -0.2) is 4.98 Å². The number of amides is 1. The van der Waals surface area contributed by atoms with Crippen molar-refractivity contribution in [2.24, 2.45) is 13.0 Å². The predicted octanol–water partition coefficient (Wildman–Crippen LogP) is 2.58. The van der Waals surface area contributed by atoms with Crippen molar-refractivity contribution in [2.75, 3.05) is 26.3 Å². The molecule has 4 heterocycles. The number of carbonyl (C=O) groups excluding carboxylic acids is 1. The lowest BCUT2D eigenvalue weighted by Gasteiger charge is -2.41. The molecule has 0 aromatic carbocycles. The lowest BCUT2D eigenvalue weighted by atomic mass is 9.78. The average molecular weight is 356 g/mol. The van der Waals surface area contributed by atoms with E-state index in [9.17, 15) is 4.79 Å². The molecule has 2 aliphatic rings. The summed E-state index contributed by atoms with van der Waals surface area (Å²) in [5.74, 6) is 0.429. The molecule has 2 saturated heterocycles. The van der Waals surface area contributed by atoms with Gasteiger partial charge < -0.3 is 9.64 Å². The van der Waals surface area contributed by atoms with E-state index in [4.69, 9.17) is 9.72 Å². The van der Waals surface area contributed by atoms with Crippen molar-refractivity contribution in [3.05, 3.63) is 23.5 Å². The maximum absolute atomic E-state index is 13.0. The molecule has 0 spiro atoms. The number of nitrogens with zero attached hydrogens (tertiary/aromatic N) is 4. The molecule has 2 fully saturated rings. The quantitative estimate of drug-likeness (QED) is 0.830. The third kappa shape index (κ3) is 3.00. The van der Waals surface area contributed by atoms with Crippen LogP contribution in [0.15, 0.2) is 12.1 Å². The minimum atomic E-state index is -0.106. The first-order valence-electron chi connectivity index (χ1n) is 9.65. The van der Waals surface area contributed by atoms with Crippen LogP contribution >= 0.6 is 0 Å². The highest BCUT2D eigenvalue weighted by Crippen LogP contribution is 2.35. The van der Waals surface area contributed by atoms with Crippen molar-refractivity contribution in [1.82, 2.24) is 19.7 Å². The van der Waals surface area contributed by atoms with Crippen LogP contribution in [0.25, 0.3) is 11.0 Å². The van der Waals surface area contributed by atoms with Gasteiger partial charge in [0, 0.05) is 50.1 Å². The summed E-state index contributed by atoms with van der Waals surface area (Å²) in [4.78, 5) is 20.0. The van der Waals surface area contributed by atoms with Crippen LogP contribution in [-0.4, -0.2) is 51.9 Å². The van der Waals surface area contributed by atoms with Gasteiger partial charge in [-0.15, -0.1) is 0 Å². The Morgan fingerprint density at radius 3 is 2.85 bits per heavy atom. The summed E-state index contributed by atoms with van der Waals surface area (Å²) in [6.45, 7) is 7.28. The van der Waals surface area contributed by atoms with Crippen molar-refractivity contribution in [3.63, 3.8) is 0 Å². The highest BCUT2D eigenvalue weighted by Gasteiger charge is 2.38. The molecular weight excluding hydrogens is 328 g/mol. The standard InChI is InChI=1S/C20H28N4O2/c1-14-16-5-6-17(21-18(16)23(3)22-14)20(2)9-4-10-24(13-20)19(25)15-7-11-26-12-8-15/h5-6,15H,4,7-13H2,1-3H3/t20-/m0/s1. The van der Waals surface area contributed by atoms with Crippen LogP contribution in [0.1, 0.15) is 44.0 Å². The number of ether oxygens (including phenoxy) is 1. The van der Waals surface area contributed by atoms with Crippen molar-refractivity contribution >= 4 is 16.9 Å². The smallest absolute Gasteiger partial charge is 0.225 e. The second-order valence-electron chi connectivity index (χ2n) is 8.09. The third-order valence-corrected chi connectivity index (χ3v) is 6.07. The molecule has 1 atom stereocenters. The van der Waals surface area contributed by atoms with Gasteiger partial charge in [-0.1, -0.05) is 6.92 Å². The van der Waals surface area contributed by atoms with Gasteiger partial charge in [0.25, 0.3) is 0 Å². The Morgan fingerprint density at radius 1 is 1.31 bits per heavy atom. The Balaban J connectivity index is 1.59. The van der Waals surface area contributed by atoms with E-state index in [1.54, 1.807) is 0 Å². The summed E-state index contributed by atoms with van der Waals surface area (Å²) in [5, 5.41) is 5.58.